The van der Waals surface area contributed by atoms with Gasteiger partial charge in [0.1, 0.15) is 0 Å². The molecule has 0 fully saturated rings. The number of rotatable bonds is 0. The molecule has 0 bridgehead atoms. The molecule has 2 heterocycles. The fraction of sp³-hybridized carbons (Fsp3) is 0. The van der Waals surface area contributed by atoms with Gasteiger partial charge in [-0.15, -0.1) is 22.7 Å². The first-order valence-corrected chi connectivity index (χ1v) is 7.01. The second-order valence-electron chi connectivity index (χ2n) is 1.93. The van der Waals surface area contributed by atoms with Crippen molar-refractivity contribution in [2.24, 2.45) is 0 Å². The summed E-state index contributed by atoms with van der Waals surface area (Å²) < 4.78 is 6.45. The molecule has 5 heteroatoms. The van der Waals surface area contributed by atoms with Crippen LogP contribution < -0.4 is 0 Å². The SMILES string of the molecule is Brc1sc2cc(I)sc2c1Br. The molecule has 0 spiro atoms. The zero-order valence-corrected chi connectivity index (χ0v) is 12.0. The summed E-state index contributed by atoms with van der Waals surface area (Å²) in [5.41, 5.74) is 0. The largest absolute Gasteiger partial charge is 0.127 e. The van der Waals surface area contributed by atoms with E-state index in [1.165, 1.54) is 20.5 Å². The van der Waals surface area contributed by atoms with E-state index in [0.29, 0.717) is 0 Å². The van der Waals surface area contributed by atoms with E-state index in [-0.39, 0.29) is 0 Å². The van der Waals surface area contributed by atoms with Crippen LogP contribution in [0.3, 0.4) is 0 Å². The van der Waals surface area contributed by atoms with Crippen molar-refractivity contribution in [2.45, 2.75) is 0 Å². The lowest BCUT2D eigenvalue weighted by atomic mass is 10.5. The smallest absolute Gasteiger partial charge is 0.0861 e. The Hall–Kier alpha value is 1.35. The molecule has 2 rings (SSSR count). The zero-order valence-electron chi connectivity index (χ0n) is 5.03. The highest BCUT2D eigenvalue weighted by atomic mass is 127. The summed E-state index contributed by atoms with van der Waals surface area (Å²) in [7, 11) is 0. The van der Waals surface area contributed by atoms with Crippen molar-refractivity contribution in [3.63, 3.8) is 0 Å². The molecule has 2 aromatic heterocycles. The lowest BCUT2D eigenvalue weighted by Crippen LogP contribution is -1.49. The van der Waals surface area contributed by atoms with Crippen LogP contribution in [0.1, 0.15) is 0 Å². The highest BCUT2D eigenvalue weighted by Gasteiger charge is 2.09. The Bertz CT molecular complexity index is 404. The maximum Gasteiger partial charge on any atom is 0.0861 e. The van der Waals surface area contributed by atoms with E-state index in [0.717, 1.165) is 0 Å². The summed E-state index contributed by atoms with van der Waals surface area (Å²) in [6.07, 6.45) is 0. The van der Waals surface area contributed by atoms with Gasteiger partial charge in [0.25, 0.3) is 0 Å². The summed E-state index contributed by atoms with van der Waals surface area (Å²) in [6, 6.07) is 2.21. The average Bonchev–Trinajstić information content (AvgIpc) is 2.37. The molecule has 0 unspecified atom stereocenters. The molecule has 0 atom stereocenters. The van der Waals surface area contributed by atoms with Crippen LogP contribution in [-0.4, -0.2) is 0 Å². The summed E-state index contributed by atoms with van der Waals surface area (Å²) >= 11 is 13.0. The number of thiophene rings is 2. The molecular weight excluding hydrogens is 423 g/mol. The summed E-state index contributed by atoms with van der Waals surface area (Å²) in [4.78, 5) is 0. The van der Waals surface area contributed by atoms with Crippen LogP contribution in [0, 0.1) is 2.88 Å². The fourth-order valence-corrected chi connectivity index (χ4v) is 5.54. The Morgan fingerprint density at radius 1 is 1.27 bits per heavy atom. The lowest BCUT2D eigenvalue weighted by molar-refractivity contribution is 1.98. The van der Waals surface area contributed by atoms with Gasteiger partial charge in [-0.05, 0) is 60.5 Å². The molecule has 11 heavy (non-hydrogen) atoms. The minimum Gasteiger partial charge on any atom is -0.127 e. The van der Waals surface area contributed by atoms with Gasteiger partial charge in [0.05, 0.1) is 15.8 Å². The van der Waals surface area contributed by atoms with E-state index in [1.807, 2.05) is 11.3 Å². The molecule has 0 saturated heterocycles. The molecule has 0 saturated carbocycles. The molecule has 0 amide bonds. The van der Waals surface area contributed by atoms with E-state index in [9.17, 15) is 0 Å². The Morgan fingerprint density at radius 2 is 2.00 bits per heavy atom. The lowest BCUT2D eigenvalue weighted by Gasteiger charge is -1.80. The first-order chi connectivity index (χ1) is 5.18. The first kappa shape index (κ1) is 8.93. The maximum absolute atomic E-state index is 3.53. The van der Waals surface area contributed by atoms with Crippen LogP contribution in [0.5, 0.6) is 0 Å². The molecule has 58 valence electrons. The van der Waals surface area contributed by atoms with Crippen LogP contribution in [0.15, 0.2) is 14.3 Å². The zero-order chi connectivity index (χ0) is 8.01. The Labute approximate surface area is 102 Å². The topological polar surface area (TPSA) is 0 Å². The molecule has 2 aromatic rings. The summed E-state index contributed by atoms with van der Waals surface area (Å²) in [6.45, 7) is 0. The van der Waals surface area contributed by atoms with Crippen molar-refractivity contribution in [1.82, 2.24) is 0 Å². The molecule has 0 aliphatic rings. The van der Waals surface area contributed by atoms with Gasteiger partial charge in [0, 0.05) is 4.70 Å². The van der Waals surface area contributed by atoms with Gasteiger partial charge in [-0.3, -0.25) is 0 Å². The van der Waals surface area contributed by atoms with Crippen molar-refractivity contribution in [1.29, 1.82) is 0 Å². The number of hydrogen-bond acceptors (Lipinski definition) is 2. The molecule has 0 aliphatic heterocycles. The van der Waals surface area contributed by atoms with Gasteiger partial charge in [0.2, 0.25) is 0 Å². The maximum atomic E-state index is 3.53. The van der Waals surface area contributed by atoms with Crippen LogP contribution >= 0.6 is 77.1 Å². The van der Waals surface area contributed by atoms with Crippen LogP contribution in [0.2, 0.25) is 0 Å². The second kappa shape index (κ2) is 3.25. The van der Waals surface area contributed by atoms with E-state index in [4.69, 9.17) is 0 Å². The predicted molar refractivity (Wildman–Crippen MR) is 67.8 cm³/mol. The van der Waals surface area contributed by atoms with Gasteiger partial charge in [-0.25, -0.2) is 0 Å². The van der Waals surface area contributed by atoms with Crippen LogP contribution in [0.4, 0.5) is 0 Å². The van der Waals surface area contributed by atoms with Gasteiger partial charge in [-0.2, -0.15) is 0 Å². The Morgan fingerprint density at radius 3 is 2.64 bits per heavy atom. The molecule has 0 radical (unpaired) electrons. The van der Waals surface area contributed by atoms with Crippen molar-refractivity contribution in [3.05, 3.63) is 17.2 Å². The highest BCUT2D eigenvalue weighted by Crippen LogP contribution is 2.43. The van der Waals surface area contributed by atoms with Crippen LogP contribution in [0.25, 0.3) is 9.40 Å². The van der Waals surface area contributed by atoms with Crippen molar-refractivity contribution in [2.75, 3.05) is 0 Å². The third-order valence-electron chi connectivity index (χ3n) is 1.24. The predicted octanol–water partition coefficient (Wildman–Crippen LogP) is 5.09. The van der Waals surface area contributed by atoms with Crippen LogP contribution in [-0.2, 0) is 0 Å². The molecule has 0 aromatic carbocycles. The van der Waals surface area contributed by atoms with E-state index in [2.05, 4.69) is 60.5 Å². The number of hydrogen-bond donors (Lipinski definition) is 0. The third-order valence-corrected chi connectivity index (χ3v) is 6.94. The van der Waals surface area contributed by atoms with E-state index >= 15 is 0 Å². The Kier molecular flexibility index (Phi) is 2.64. The monoisotopic (exact) mass is 422 g/mol. The third kappa shape index (κ3) is 1.54. The summed E-state index contributed by atoms with van der Waals surface area (Å²) in [5.74, 6) is 0. The first-order valence-electron chi connectivity index (χ1n) is 2.71. The van der Waals surface area contributed by atoms with E-state index in [1.54, 1.807) is 11.3 Å². The minimum absolute atomic E-state index is 1.19. The number of fused-ring (bicyclic) bond motifs is 1. The van der Waals surface area contributed by atoms with Gasteiger partial charge >= 0.3 is 0 Å². The average molecular weight is 424 g/mol. The minimum atomic E-state index is 1.19. The fourth-order valence-electron chi connectivity index (χ4n) is 0.805. The molecule has 0 aliphatic carbocycles. The highest BCUT2D eigenvalue weighted by molar-refractivity contribution is 14.1. The molecule has 0 N–H and O–H groups in total. The molecule has 0 nitrogen and oxygen atoms in total. The standard InChI is InChI=1S/C6HBr2IS2/c7-4-5-2(10-6(4)8)1-3(9)11-5/h1H. The van der Waals surface area contributed by atoms with Crippen molar-refractivity contribution >= 4 is 86.5 Å². The second-order valence-corrected chi connectivity index (χ2v) is 8.04. The van der Waals surface area contributed by atoms with Gasteiger partial charge in [-0.1, -0.05) is 0 Å². The normalized spacial score (nSPS) is 11.2. The van der Waals surface area contributed by atoms with Crippen molar-refractivity contribution < 1.29 is 0 Å². The van der Waals surface area contributed by atoms with E-state index < -0.39 is 0 Å². The quantitative estimate of drug-likeness (QED) is 0.517. The Balaban J connectivity index is 2.88. The van der Waals surface area contributed by atoms with Gasteiger partial charge < -0.3 is 0 Å². The van der Waals surface area contributed by atoms with Crippen molar-refractivity contribution in [3.8, 4) is 0 Å². The number of halogens is 3. The molecular formula is C6HBr2IS2. The van der Waals surface area contributed by atoms with Gasteiger partial charge in [0.15, 0.2) is 0 Å². The summed E-state index contributed by atoms with van der Waals surface area (Å²) in [5, 5.41) is 0.